The third-order valence-electron chi connectivity index (χ3n) is 4.06. The molecule has 1 aromatic rings. The van der Waals surface area contributed by atoms with E-state index in [-0.39, 0.29) is 11.9 Å². The Labute approximate surface area is 135 Å². The van der Waals surface area contributed by atoms with Crippen LogP contribution in [-0.2, 0) is 11.3 Å². The van der Waals surface area contributed by atoms with Crippen molar-refractivity contribution in [2.24, 2.45) is 5.92 Å². The van der Waals surface area contributed by atoms with E-state index in [1.807, 2.05) is 12.1 Å². The molecule has 0 bridgehead atoms. The molecule has 1 saturated heterocycles. The van der Waals surface area contributed by atoms with Gasteiger partial charge in [-0.15, -0.1) is 0 Å². The SMILES string of the molecule is COc1ccc(CNC(=O)N2CCC(C(=O)O)CC2)c(OC)c1. The second-order valence-electron chi connectivity index (χ2n) is 5.44. The summed E-state index contributed by atoms with van der Waals surface area (Å²) < 4.78 is 10.4. The van der Waals surface area contributed by atoms with Crippen LogP contribution in [0.1, 0.15) is 18.4 Å². The summed E-state index contributed by atoms with van der Waals surface area (Å²) in [6, 6.07) is 5.23. The number of nitrogens with one attached hydrogen (secondary N) is 1. The van der Waals surface area contributed by atoms with E-state index in [1.54, 1.807) is 25.2 Å². The Kier molecular flexibility index (Phi) is 5.67. The van der Waals surface area contributed by atoms with E-state index in [0.717, 1.165) is 5.56 Å². The monoisotopic (exact) mass is 322 g/mol. The Morgan fingerprint density at radius 2 is 1.96 bits per heavy atom. The summed E-state index contributed by atoms with van der Waals surface area (Å²) in [6.07, 6.45) is 0.989. The number of hydrogen-bond acceptors (Lipinski definition) is 4. The summed E-state index contributed by atoms with van der Waals surface area (Å²) in [5, 5.41) is 11.8. The number of methoxy groups -OCH3 is 2. The van der Waals surface area contributed by atoms with Crippen LogP contribution in [0.25, 0.3) is 0 Å². The smallest absolute Gasteiger partial charge is 0.317 e. The minimum absolute atomic E-state index is 0.188. The van der Waals surface area contributed by atoms with Gasteiger partial charge < -0.3 is 24.8 Å². The van der Waals surface area contributed by atoms with Crippen LogP contribution < -0.4 is 14.8 Å². The second kappa shape index (κ2) is 7.71. The average Bonchev–Trinajstić information content (AvgIpc) is 2.59. The van der Waals surface area contributed by atoms with Crippen molar-refractivity contribution in [1.29, 1.82) is 0 Å². The highest BCUT2D eigenvalue weighted by atomic mass is 16.5. The number of amides is 2. The van der Waals surface area contributed by atoms with Crippen LogP contribution in [0.5, 0.6) is 11.5 Å². The lowest BCUT2D eigenvalue weighted by atomic mass is 9.97. The summed E-state index contributed by atoms with van der Waals surface area (Å²) in [4.78, 5) is 24.7. The predicted molar refractivity (Wildman–Crippen MR) is 83.7 cm³/mol. The number of ether oxygens (including phenoxy) is 2. The van der Waals surface area contributed by atoms with E-state index in [2.05, 4.69) is 5.32 Å². The number of benzene rings is 1. The van der Waals surface area contributed by atoms with Crippen LogP contribution in [0.4, 0.5) is 4.79 Å². The van der Waals surface area contributed by atoms with Crippen molar-refractivity contribution in [3.8, 4) is 11.5 Å². The third-order valence-corrected chi connectivity index (χ3v) is 4.06. The number of carboxylic acids is 1. The Morgan fingerprint density at radius 1 is 1.26 bits per heavy atom. The Bertz CT molecular complexity index is 568. The van der Waals surface area contributed by atoms with Crippen molar-refractivity contribution in [3.05, 3.63) is 23.8 Å². The molecule has 0 radical (unpaired) electrons. The van der Waals surface area contributed by atoms with Crippen LogP contribution in [0.2, 0.25) is 0 Å². The van der Waals surface area contributed by atoms with Gasteiger partial charge in [-0.2, -0.15) is 0 Å². The highest BCUT2D eigenvalue weighted by Gasteiger charge is 2.26. The lowest BCUT2D eigenvalue weighted by molar-refractivity contribution is -0.143. The summed E-state index contributed by atoms with van der Waals surface area (Å²) in [5.74, 6) is 0.204. The van der Waals surface area contributed by atoms with Crippen molar-refractivity contribution in [2.45, 2.75) is 19.4 Å². The summed E-state index contributed by atoms with van der Waals surface area (Å²) in [5.41, 5.74) is 0.849. The molecular formula is C16H22N2O5. The van der Waals surface area contributed by atoms with Crippen molar-refractivity contribution in [2.75, 3.05) is 27.3 Å². The summed E-state index contributed by atoms with van der Waals surface area (Å²) >= 11 is 0. The standard InChI is InChI=1S/C16H22N2O5/c1-22-13-4-3-12(14(9-13)23-2)10-17-16(21)18-7-5-11(6-8-18)15(19)20/h3-4,9,11H,5-8,10H2,1-2H3,(H,17,21)(H,19,20). The van der Waals surface area contributed by atoms with Gasteiger partial charge in [0.1, 0.15) is 11.5 Å². The summed E-state index contributed by atoms with van der Waals surface area (Å²) in [7, 11) is 3.15. The normalized spacial score (nSPS) is 15.1. The predicted octanol–water partition coefficient (Wildman–Crippen LogP) is 1.71. The molecule has 1 aliphatic rings. The molecule has 0 aromatic heterocycles. The van der Waals surface area contributed by atoms with Crippen LogP contribution in [0.15, 0.2) is 18.2 Å². The molecule has 7 heteroatoms. The molecule has 1 aliphatic heterocycles. The number of carboxylic acid groups (broad SMARTS) is 1. The molecule has 2 amide bonds. The second-order valence-corrected chi connectivity index (χ2v) is 5.44. The van der Waals surface area contributed by atoms with Gasteiger partial charge in [0.2, 0.25) is 0 Å². The van der Waals surface area contributed by atoms with Gasteiger partial charge in [0, 0.05) is 31.3 Å². The van der Waals surface area contributed by atoms with Gasteiger partial charge in [-0.3, -0.25) is 4.79 Å². The van der Waals surface area contributed by atoms with Crippen LogP contribution in [-0.4, -0.2) is 49.3 Å². The number of rotatable bonds is 5. The first kappa shape index (κ1) is 16.9. The van der Waals surface area contributed by atoms with Gasteiger partial charge in [-0.25, -0.2) is 4.79 Å². The molecule has 0 atom stereocenters. The molecule has 126 valence electrons. The summed E-state index contributed by atoms with van der Waals surface area (Å²) in [6.45, 7) is 1.26. The maximum absolute atomic E-state index is 12.2. The van der Waals surface area contributed by atoms with E-state index < -0.39 is 5.97 Å². The lowest BCUT2D eigenvalue weighted by Gasteiger charge is -2.30. The molecule has 1 fully saturated rings. The number of piperidine rings is 1. The molecule has 1 heterocycles. The molecule has 0 saturated carbocycles. The number of aliphatic carboxylic acids is 1. The first-order valence-electron chi connectivity index (χ1n) is 7.51. The van der Waals surface area contributed by atoms with E-state index >= 15 is 0 Å². The Hall–Kier alpha value is -2.44. The molecule has 1 aromatic carbocycles. The number of nitrogens with zero attached hydrogens (tertiary/aromatic N) is 1. The Morgan fingerprint density at radius 3 is 2.52 bits per heavy atom. The zero-order valence-corrected chi connectivity index (χ0v) is 13.4. The number of likely N-dealkylation sites (tertiary alicyclic amines) is 1. The van der Waals surface area contributed by atoms with E-state index in [0.29, 0.717) is 44.0 Å². The van der Waals surface area contributed by atoms with Crippen molar-refractivity contribution in [3.63, 3.8) is 0 Å². The zero-order valence-electron chi connectivity index (χ0n) is 13.4. The van der Waals surface area contributed by atoms with Crippen molar-refractivity contribution in [1.82, 2.24) is 10.2 Å². The first-order valence-corrected chi connectivity index (χ1v) is 7.51. The topological polar surface area (TPSA) is 88.1 Å². The number of carbonyl (C=O) groups excluding carboxylic acids is 1. The van der Waals surface area contributed by atoms with E-state index in [9.17, 15) is 9.59 Å². The molecule has 2 N–H and O–H groups in total. The van der Waals surface area contributed by atoms with Gasteiger partial charge in [0.25, 0.3) is 0 Å². The number of carbonyl (C=O) groups is 2. The van der Waals surface area contributed by atoms with Gasteiger partial charge in [0.05, 0.1) is 20.1 Å². The molecule has 0 unspecified atom stereocenters. The van der Waals surface area contributed by atoms with Gasteiger partial charge in [0.15, 0.2) is 0 Å². The third kappa shape index (κ3) is 4.28. The van der Waals surface area contributed by atoms with Crippen LogP contribution >= 0.6 is 0 Å². The molecule has 2 rings (SSSR count). The van der Waals surface area contributed by atoms with E-state index in [1.165, 1.54) is 0 Å². The van der Waals surface area contributed by atoms with Crippen molar-refractivity contribution < 1.29 is 24.2 Å². The number of hydrogen-bond donors (Lipinski definition) is 2. The van der Waals surface area contributed by atoms with Crippen LogP contribution in [0, 0.1) is 5.92 Å². The highest BCUT2D eigenvalue weighted by molar-refractivity contribution is 5.75. The molecule has 0 aliphatic carbocycles. The molecule has 7 nitrogen and oxygen atoms in total. The largest absolute Gasteiger partial charge is 0.497 e. The molecule has 0 spiro atoms. The van der Waals surface area contributed by atoms with Crippen molar-refractivity contribution >= 4 is 12.0 Å². The Balaban J connectivity index is 1.89. The minimum Gasteiger partial charge on any atom is -0.497 e. The van der Waals surface area contributed by atoms with E-state index in [4.69, 9.17) is 14.6 Å². The van der Waals surface area contributed by atoms with Gasteiger partial charge >= 0.3 is 12.0 Å². The fourth-order valence-corrected chi connectivity index (χ4v) is 2.61. The average molecular weight is 322 g/mol. The highest BCUT2D eigenvalue weighted by Crippen LogP contribution is 2.24. The fourth-order valence-electron chi connectivity index (χ4n) is 2.61. The zero-order chi connectivity index (χ0) is 16.8. The maximum atomic E-state index is 12.2. The quantitative estimate of drug-likeness (QED) is 0.861. The molecule has 23 heavy (non-hydrogen) atoms. The van der Waals surface area contributed by atoms with Crippen LogP contribution in [0.3, 0.4) is 0 Å². The number of urea groups is 1. The first-order chi connectivity index (χ1) is 11.0. The van der Waals surface area contributed by atoms with Gasteiger partial charge in [-0.05, 0) is 25.0 Å². The minimum atomic E-state index is -0.784. The lowest BCUT2D eigenvalue weighted by Crippen LogP contribution is -2.45. The van der Waals surface area contributed by atoms with Gasteiger partial charge in [-0.1, -0.05) is 0 Å². The maximum Gasteiger partial charge on any atom is 0.317 e. The fraction of sp³-hybridized carbons (Fsp3) is 0.500. The molecular weight excluding hydrogens is 300 g/mol.